The van der Waals surface area contributed by atoms with Crippen molar-refractivity contribution in [1.29, 1.82) is 0 Å². The molecule has 0 saturated heterocycles. The molecule has 47 heavy (non-hydrogen) atoms. The van der Waals surface area contributed by atoms with Crippen molar-refractivity contribution < 1.29 is 0 Å². The molecule has 2 aromatic carbocycles. The van der Waals surface area contributed by atoms with Gasteiger partial charge in [0.05, 0.1) is 0 Å². The maximum atomic E-state index is 5.30. The average molecular weight is 670 g/mol. The van der Waals surface area contributed by atoms with Gasteiger partial charge in [0.15, 0.2) is 0 Å². The highest BCUT2D eigenvalue weighted by Gasteiger charge is 2.54. The average Bonchev–Trinajstić information content (AvgIpc) is 3.62. The first-order valence-corrected chi connectivity index (χ1v) is 18.9. The molecule has 0 N–H and O–H groups in total. The third-order valence-corrected chi connectivity index (χ3v) is 11.5. The second-order valence-corrected chi connectivity index (χ2v) is 18.4. The van der Waals surface area contributed by atoms with Gasteiger partial charge in [-0.2, -0.15) is 0 Å². The van der Waals surface area contributed by atoms with Crippen LogP contribution in [0.2, 0.25) is 0 Å². The summed E-state index contributed by atoms with van der Waals surface area (Å²) in [4.78, 5) is 0. The lowest BCUT2D eigenvalue weighted by molar-refractivity contribution is 0.211. The minimum absolute atomic E-state index is 0.0135. The van der Waals surface area contributed by atoms with Gasteiger partial charge in [-0.25, -0.2) is 0 Å². The van der Waals surface area contributed by atoms with Crippen LogP contribution in [0.15, 0.2) is 121 Å². The highest BCUT2D eigenvalue weighted by atomic mass is 35.5. The normalized spacial score (nSPS) is 28.5. The number of unbranched alkanes of at least 4 members (excludes halogenated alkanes) is 1. The van der Waals surface area contributed by atoms with Gasteiger partial charge in [-0.05, 0) is 116 Å². The fourth-order valence-electron chi connectivity index (χ4n) is 9.41. The Balaban J connectivity index is 0.000000807. The first-order chi connectivity index (χ1) is 22.3. The Morgan fingerprint density at radius 3 is 1.87 bits per heavy atom. The van der Waals surface area contributed by atoms with Crippen molar-refractivity contribution in [2.75, 3.05) is 0 Å². The summed E-state index contributed by atoms with van der Waals surface area (Å²) in [6.45, 7) is 16.9. The predicted octanol–water partition coefficient (Wildman–Crippen LogP) is 13.5. The predicted molar refractivity (Wildman–Crippen MR) is 206 cm³/mol. The molecule has 0 aromatic heterocycles. The summed E-state index contributed by atoms with van der Waals surface area (Å²) < 4.78 is -0.556. The number of hydrogen-bond acceptors (Lipinski definition) is 0. The van der Waals surface area contributed by atoms with Gasteiger partial charge in [-0.15, -0.1) is 29.8 Å². The summed E-state index contributed by atoms with van der Waals surface area (Å²) >= 11 is 10.6. The first-order valence-electron chi connectivity index (χ1n) is 18.2. The standard InChI is InChI=1S/C42H52.C3H6Cl2/c1-6-7-10-15-31-21-22-35(27-31)42(32-16-11-8-12-17-32,33-18-13-9-14-19-33)29-40-38-26-30(2)20-24-36(38)37-25-23-34(28-39(37)40)41(3,4)5;1-3(2,4)5/h6,8-9,11-14,16-20,23-26,28,31,35-40H,1,7,10,15,21-22,27,29H2,2-5H3;1-2H3. The van der Waals surface area contributed by atoms with Gasteiger partial charge in [-0.3, -0.25) is 0 Å². The topological polar surface area (TPSA) is 0 Å². The number of halogens is 2. The molecule has 7 unspecified atom stereocenters. The number of benzene rings is 2. The number of hydrogen-bond donors (Lipinski definition) is 0. The van der Waals surface area contributed by atoms with Crippen LogP contribution in [-0.2, 0) is 5.41 Å². The number of allylic oxidation sites excluding steroid dienone is 9. The molecule has 6 rings (SSSR count). The fourth-order valence-corrected chi connectivity index (χ4v) is 9.41. The lowest BCUT2D eigenvalue weighted by atomic mass is 9.58. The van der Waals surface area contributed by atoms with Gasteiger partial charge >= 0.3 is 0 Å². The Morgan fingerprint density at radius 2 is 1.32 bits per heavy atom. The SMILES string of the molecule is C=CCCCC1CCC(C(CC2C3C=C(C)C=CC3C3C=CC(C(C)(C)C)=CC32)(c2ccccc2)c2ccccc2)C1.CC(C)(Cl)Cl. The zero-order valence-electron chi connectivity index (χ0n) is 29.8. The third-order valence-electron chi connectivity index (χ3n) is 11.5. The van der Waals surface area contributed by atoms with Crippen molar-refractivity contribution in [3.8, 4) is 0 Å². The lowest BCUT2D eigenvalue weighted by Gasteiger charge is -2.45. The van der Waals surface area contributed by atoms with Crippen molar-refractivity contribution in [3.63, 3.8) is 0 Å². The molecule has 4 aliphatic rings. The summed E-state index contributed by atoms with van der Waals surface area (Å²) in [6, 6.07) is 23.4. The molecular formula is C45H58Cl2. The minimum atomic E-state index is -0.556. The Morgan fingerprint density at radius 1 is 0.766 bits per heavy atom. The van der Waals surface area contributed by atoms with E-state index in [0.717, 1.165) is 12.3 Å². The molecule has 2 fully saturated rings. The molecule has 0 aliphatic heterocycles. The smallest absolute Gasteiger partial charge is 0.103 e. The van der Waals surface area contributed by atoms with E-state index in [4.69, 9.17) is 23.2 Å². The lowest BCUT2D eigenvalue weighted by Crippen LogP contribution is -2.40. The second-order valence-electron chi connectivity index (χ2n) is 16.3. The molecule has 0 amide bonds. The molecule has 4 aliphatic carbocycles. The molecule has 2 saturated carbocycles. The number of fused-ring (bicyclic) bond motifs is 3. The van der Waals surface area contributed by atoms with Crippen molar-refractivity contribution in [1.82, 2.24) is 0 Å². The van der Waals surface area contributed by atoms with Crippen molar-refractivity contribution in [2.45, 2.75) is 96.2 Å². The van der Waals surface area contributed by atoms with Crippen molar-refractivity contribution >= 4 is 23.2 Å². The van der Waals surface area contributed by atoms with Gasteiger partial charge in [0.2, 0.25) is 0 Å². The molecular weight excluding hydrogens is 611 g/mol. The van der Waals surface area contributed by atoms with Crippen LogP contribution in [0, 0.1) is 46.8 Å². The van der Waals surface area contributed by atoms with Gasteiger partial charge in [0.25, 0.3) is 0 Å². The van der Waals surface area contributed by atoms with Crippen LogP contribution < -0.4 is 0 Å². The maximum Gasteiger partial charge on any atom is 0.112 e. The van der Waals surface area contributed by atoms with Gasteiger partial charge < -0.3 is 0 Å². The summed E-state index contributed by atoms with van der Waals surface area (Å²) in [5.74, 6) is 4.42. The quantitative estimate of drug-likeness (QED) is 0.142. The van der Waals surface area contributed by atoms with Crippen LogP contribution >= 0.6 is 23.2 Å². The van der Waals surface area contributed by atoms with Crippen LogP contribution in [-0.4, -0.2) is 4.33 Å². The van der Waals surface area contributed by atoms with E-state index in [9.17, 15) is 0 Å². The fraction of sp³-hybridized carbons (Fsp3) is 0.511. The Hall–Kier alpha value is -2.28. The maximum absolute atomic E-state index is 5.30. The number of alkyl halides is 2. The zero-order valence-corrected chi connectivity index (χ0v) is 31.3. The van der Waals surface area contributed by atoms with E-state index in [1.54, 1.807) is 13.8 Å². The van der Waals surface area contributed by atoms with Gasteiger partial charge in [0, 0.05) is 5.41 Å². The molecule has 0 heterocycles. The van der Waals surface area contributed by atoms with Crippen LogP contribution in [0.5, 0.6) is 0 Å². The molecule has 2 aromatic rings. The minimum Gasteiger partial charge on any atom is -0.103 e. The molecule has 0 nitrogen and oxygen atoms in total. The van der Waals surface area contributed by atoms with E-state index in [1.807, 2.05) is 0 Å². The largest absolute Gasteiger partial charge is 0.112 e. The number of rotatable bonds is 9. The van der Waals surface area contributed by atoms with E-state index in [-0.39, 0.29) is 10.8 Å². The van der Waals surface area contributed by atoms with Crippen LogP contribution in [0.25, 0.3) is 0 Å². The van der Waals surface area contributed by atoms with E-state index in [0.29, 0.717) is 35.5 Å². The highest BCUT2D eigenvalue weighted by Crippen LogP contribution is 2.60. The van der Waals surface area contributed by atoms with E-state index < -0.39 is 4.33 Å². The van der Waals surface area contributed by atoms with Crippen LogP contribution in [0.3, 0.4) is 0 Å². The van der Waals surface area contributed by atoms with Crippen molar-refractivity contribution in [2.24, 2.45) is 46.8 Å². The Kier molecular flexibility index (Phi) is 11.6. The highest BCUT2D eigenvalue weighted by molar-refractivity contribution is 6.47. The molecule has 0 bridgehead atoms. The molecule has 7 atom stereocenters. The van der Waals surface area contributed by atoms with Crippen LogP contribution in [0.4, 0.5) is 0 Å². The van der Waals surface area contributed by atoms with E-state index in [1.165, 1.54) is 60.8 Å². The van der Waals surface area contributed by atoms with Gasteiger partial charge in [0.1, 0.15) is 4.33 Å². The third kappa shape index (κ3) is 8.48. The van der Waals surface area contributed by atoms with E-state index in [2.05, 4.69) is 137 Å². The summed E-state index contributed by atoms with van der Waals surface area (Å²) in [5.41, 5.74) is 6.21. The summed E-state index contributed by atoms with van der Waals surface area (Å²) in [5, 5.41) is 0. The Bertz CT molecular complexity index is 1400. The second kappa shape index (κ2) is 15.1. The Labute approximate surface area is 297 Å². The summed E-state index contributed by atoms with van der Waals surface area (Å²) in [7, 11) is 0. The first kappa shape index (κ1) is 36.0. The van der Waals surface area contributed by atoms with Gasteiger partial charge in [-0.1, -0.05) is 142 Å². The molecule has 0 radical (unpaired) electrons. The molecule has 0 spiro atoms. The van der Waals surface area contributed by atoms with Crippen molar-refractivity contribution in [3.05, 3.63) is 132 Å². The van der Waals surface area contributed by atoms with Crippen LogP contribution in [0.1, 0.15) is 97.6 Å². The summed E-state index contributed by atoms with van der Waals surface area (Å²) in [6.07, 6.45) is 26.5. The molecule has 252 valence electrons. The zero-order chi connectivity index (χ0) is 33.8. The monoisotopic (exact) mass is 668 g/mol. The molecule has 2 heteroatoms. The van der Waals surface area contributed by atoms with E-state index >= 15 is 0 Å².